The van der Waals surface area contributed by atoms with Gasteiger partial charge in [0.1, 0.15) is 11.3 Å². The Morgan fingerprint density at radius 1 is 1.29 bits per heavy atom. The summed E-state index contributed by atoms with van der Waals surface area (Å²) in [5.41, 5.74) is 2.31. The van der Waals surface area contributed by atoms with Crippen LogP contribution in [0, 0.1) is 24.7 Å². The molecule has 0 saturated heterocycles. The summed E-state index contributed by atoms with van der Waals surface area (Å²) in [6, 6.07) is 9.09. The summed E-state index contributed by atoms with van der Waals surface area (Å²) in [4.78, 5) is 0. The van der Waals surface area contributed by atoms with Crippen molar-refractivity contribution >= 4 is 11.0 Å². The van der Waals surface area contributed by atoms with E-state index in [4.69, 9.17) is 4.42 Å². The minimum atomic E-state index is 0.400. The molecular weight excluding hydrogens is 258 g/mol. The normalized spacial score (nSPS) is 29.3. The average molecular weight is 283 g/mol. The van der Waals surface area contributed by atoms with Crippen LogP contribution in [0.1, 0.15) is 50.0 Å². The maximum Gasteiger partial charge on any atom is 0.137 e. The molecule has 4 unspecified atom stereocenters. The third kappa shape index (κ3) is 2.20. The maximum atomic E-state index is 6.27. The SMILES string of the molecule is CCNC(c1cc2cccc(C)c2o1)C1CC2CCC1C2. The highest BCUT2D eigenvalue weighted by molar-refractivity contribution is 5.81. The molecule has 0 spiro atoms. The molecule has 0 amide bonds. The van der Waals surface area contributed by atoms with E-state index in [0.717, 1.165) is 35.6 Å². The van der Waals surface area contributed by atoms with Crippen LogP contribution in [0.3, 0.4) is 0 Å². The number of benzene rings is 1. The van der Waals surface area contributed by atoms with Gasteiger partial charge in [-0.1, -0.05) is 31.5 Å². The summed E-state index contributed by atoms with van der Waals surface area (Å²) in [7, 11) is 0. The van der Waals surface area contributed by atoms with Crippen LogP contribution in [0.5, 0.6) is 0 Å². The number of para-hydroxylation sites is 1. The Bertz CT molecular complexity index is 644. The van der Waals surface area contributed by atoms with Gasteiger partial charge in [0.05, 0.1) is 6.04 Å². The number of aryl methyl sites for hydroxylation is 1. The largest absolute Gasteiger partial charge is 0.459 e. The smallest absolute Gasteiger partial charge is 0.137 e. The van der Waals surface area contributed by atoms with Gasteiger partial charge in [-0.05, 0) is 62.1 Å². The van der Waals surface area contributed by atoms with Crippen molar-refractivity contribution in [1.82, 2.24) is 5.32 Å². The molecular formula is C19H25NO. The van der Waals surface area contributed by atoms with E-state index < -0.39 is 0 Å². The molecule has 1 aromatic carbocycles. The minimum absolute atomic E-state index is 0.400. The lowest BCUT2D eigenvalue weighted by Gasteiger charge is -2.29. The van der Waals surface area contributed by atoms with E-state index in [-0.39, 0.29) is 0 Å². The molecule has 2 bridgehead atoms. The average Bonchev–Trinajstić information content (AvgIpc) is 3.19. The van der Waals surface area contributed by atoms with Gasteiger partial charge >= 0.3 is 0 Å². The van der Waals surface area contributed by atoms with E-state index in [1.807, 2.05) is 0 Å². The number of rotatable bonds is 4. The molecule has 2 aliphatic rings. The first-order valence-corrected chi connectivity index (χ1v) is 8.48. The van der Waals surface area contributed by atoms with Crippen LogP contribution in [-0.4, -0.2) is 6.54 Å². The van der Waals surface area contributed by atoms with Crippen molar-refractivity contribution in [2.24, 2.45) is 17.8 Å². The van der Waals surface area contributed by atoms with Crippen molar-refractivity contribution < 1.29 is 4.42 Å². The van der Waals surface area contributed by atoms with Crippen LogP contribution in [-0.2, 0) is 0 Å². The Labute approximate surface area is 126 Å². The zero-order valence-electron chi connectivity index (χ0n) is 13.1. The number of hydrogen-bond acceptors (Lipinski definition) is 2. The Balaban J connectivity index is 1.70. The van der Waals surface area contributed by atoms with Crippen LogP contribution in [0.25, 0.3) is 11.0 Å². The summed E-state index contributed by atoms with van der Waals surface area (Å²) in [6.07, 6.45) is 5.72. The third-order valence-electron chi connectivity index (χ3n) is 5.71. The predicted molar refractivity (Wildman–Crippen MR) is 86.3 cm³/mol. The van der Waals surface area contributed by atoms with Crippen LogP contribution < -0.4 is 5.32 Å². The molecule has 4 rings (SSSR count). The zero-order valence-corrected chi connectivity index (χ0v) is 13.1. The molecule has 0 aliphatic heterocycles. The molecule has 2 aliphatic carbocycles. The molecule has 2 aromatic rings. The van der Waals surface area contributed by atoms with Gasteiger partial charge in [-0.2, -0.15) is 0 Å². The van der Waals surface area contributed by atoms with E-state index in [0.29, 0.717) is 6.04 Å². The van der Waals surface area contributed by atoms with E-state index >= 15 is 0 Å². The topological polar surface area (TPSA) is 25.2 Å². The minimum Gasteiger partial charge on any atom is -0.459 e. The lowest BCUT2D eigenvalue weighted by molar-refractivity contribution is 0.231. The van der Waals surface area contributed by atoms with Crippen LogP contribution in [0.15, 0.2) is 28.7 Å². The monoisotopic (exact) mass is 283 g/mol. The number of fused-ring (bicyclic) bond motifs is 3. The Morgan fingerprint density at radius 2 is 2.19 bits per heavy atom. The second kappa shape index (κ2) is 5.17. The van der Waals surface area contributed by atoms with Gasteiger partial charge in [0.25, 0.3) is 0 Å². The Morgan fingerprint density at radius 3 is 2.86 bits per heavy atom. The summed E-state index contributed by atoms with van der Waals surface area (Å²) >= 11 is 0. The van der Waals surface area contributed by atoms with E-state index in [1.165, 1.54) is 36.6 Å². The summed E-state index contributed by atoms with van der Waals surface area (Å²) in [6.45, 7) is 5.35. The van der Waals surface area contributed by atoms with Gasteiger partial charge < -0.3 is 9.73 Å². The Hall–Kier alpha value is -1.28. The van der Waals surface area contributed by atoms with Gasteiger partial charge in [0.15, 0.2) is 0 Å². The highest BCUT2D eigenvalue weighted by Crippen LogP contribution is 2.52. The van der Waals surface area contributed by atoms with Gasteiger partial charge in [-0.15, -0.1) is 0 Å². The fourth-order valence-electron chi connectivity index (χ4n) is 4.77. The fourth-order valence-corrected chi connectivity index (χ4v) is 4.77. The predicted octanol–water partition coefficient (Wildman–Crippen LogP) is 4.83. The van der Waals surface area contributed by atoms with Crippen molar-refractivity contribution in [2.45, 2.75) is 45.6 Å². The van der Waals surface area contributed by atoms with E-state index in [9.17, 15) is 0 Å². The molecule has 0 radical (unpaired) electrons. The molecule has 1 aromatic heterocycles. The van der Waals surface area contributed by atoms with Crippen molar-refractivity contribution in [1.29, 1.82) is 0 Å². The second-order valence-corrected chi connectivity index (χ2v) is 7.02. The van der Waals surface area contributed by atoms with E-state index in [2.05, 4.69) is 43.4 Å². The molecule has 2 fully saturated rings. The van der Waals surface area contributed by atoms with Crippen molar-refractivity contribution in [3.8, 4) is 0 Å². The first-order chi connectivity index (χ1) is 10.3. The van der Waals surface area contributed by atoms with Gasteiger partial charge in [-0.3, -0.25) is 0 Å². The lowest BCUT2D eigenvalue weighted by Crippen LogP contribution is -2.31. The van der Waals surface area contributed by atoms with Crippen LogP contribution >= 0.6 is 0 Å². The number of nitrogens with one attached hydrogen (secondary N) is 1. The van der Waals surface area contributed by atoms with Gasteiger partial charge in [-0.25, -0.2) is 0 Å². The highest BCUT2D eigenvalue weighted by Gasteiger charge is 2.44. The van der Waals surface area contributed by atoms with Crippen molar-refractivity contribution in [2.75, 3.05) is 6.54 Å². The standard InChI is InChI=1S/C19H25NO/c1-3-20-18(16-10-13-7-8-14(16)9-13)17-11-15-6-4-5-12(2)19(15)21-17/h4-6,11,13-14,16,18,20H,3,7-10H2,1-2H3. The molecule has 1 heterocycles. The number of hydrogen-bond donors (Lipinski definition) is 1. The fraction of sp³-hybridized carbons (Fsp3) is 0.579. The van der Waals surface area contributed by atoms with Gasteiger partial charge in [0, 0.05) is 5.39 Å². The summed E-state index contributed by atoms with van der Waals surface area (Å²) in [5, 5.41) is 4.96. The molecule has 112 valence electrons. The number of furan rings is 1. The molecule has 2 nitrogen and oxygen atoms in total. The molecule has 1 N–H and O–H groups in total. The second-order valence-electron chi connectivity index (χ2n) is 7.02. The first kappa shape index (κ1) is 13.4. The first-order valence-electron chi connectivity index (χ1n) is 8.48. The quantitative estimate of drug-likeness (QED) is 0.869. The molecule has 21 heavy (non-hydrogen) atoms. The summed E-state index contributed by atoms with van der Waals surface area (Å²) in [5.74, 6) is 3.81. The maximum absolute atomic E-state index is 6.27. The van der Waals surface area contributed by atoms with E-state index in [1.54, 1.807) is 0 Å². The lowest BCUT2D eigenvalue weighted by atomic mass is 9.82. The molecule has 2 saturated carbocycles. The summed E-state index contributed by atoms with van der Waals surface area (Å²) < 4.78 is 6.27. The van der Waals surface area contributed by atoms with Gasteiger partial charge in [0.2, 0.25) is 0 Å². The van der Waals surface area contributed by atoms with Crippen LogP contribution in [0.4, 0.5) is 0 Å². The van der Waals surface area contributed by atoms with Crippen molar-refractivity contribution in [3.05, 3.63) is 35.6 Å². The van der Waals surface area contributed by atoms with Crippen molar-refractivity contribution in [3.63, 3.8) is 0 Å². The molecule has 2 heteroatoms. The highest BCUT2D eigenvalue weighted by atomic mass is 16.3. The zero-order chi connectivity index (χ0) is 14.4. The Kier molecular flexibility index (Phi) is 3.30. The third-order valence-corrected chi connectivity index (χ3v) is 5.71. The van der Waals surface area contributed by atoms with Crippen LogP contribution in [0.2, 0.25) is 0 Å². The molecule has 4 atom stereocenters.